The van der Waals surface area contributed by atoms with E-state index in [9.17, 15) is 9.90 Å². The standard InChI is InChI=1S/C24H27NO3/c1-15-4-6-18(7-5-15)13-21-23(27)22-17(3)12-20(26)19(24(22)28-21)14-25-10-8-16(2)9-11-25/h4-7,12-13,16,26H,8-11,14H2,1-3H3/b21-13-. The number of carbonyl (C=O) groups is 1. The number of fused-ring (bicyclic) bond motifs is 1. The van der Waals surface area contributed by atoms with Crippen molar-refractivity contribution in [3.8, 4) is 11.5 Å². The summed E-state index contributed by atoms with van der Waals surface area (Å²) in [4.78, 5) is 15.3. The summed E-state index contributed by atoms with van der Waals surface area (Å²) in [6, 6.07) is 9.67. The van der Waals surface area contributed by atoms with Crippen molar-refractivity contribution in [3.63, 3.8) is 0 Å². The number of aromatic hydroxyl groups is 1. The number of hydrogen-bond donors (Lipinski definition) is 1. The first kappa shape index (κ1) is 18.8. The molecule has 0 atom stereocenters. The Hall–Kier alpha value is -2.59. The van der Waals surface area contributed by atoms with Crippen LogP contribution in [0.1, 0.15) is 52.4 Å². The molecule has 2 aromatic carbocycles. The van der Waals surface area contributed by atoms with E-state index in [0.717, 1.165) is 48.5 Å². The number of allylic oxidation sites excluding steroid dienone is 1. The first-order valence-corrected chi connectivity index (χ1v) is 10.0. The number of nitrogens with zero attached hydrogens (tertiary/aromatic N) is 1. The van der Waals surface area contributed by atoms with Gasteiger partial charge in [0.15, 0.2) is 5.76 Å². The Morgan fingerprint density at radius 3 is 2.54 bits per heavy atom. The Labute approximate surface area is 166 Å². The molecule has 0 aromatic heterocycles. The SMILES string of the molecule is Cc1ccc(/C=C2\Oc3c(CN4CCC(C)CC4)c(O)cc(C)c3C2=O)cc1. The Kier molecular flexibility index (Phi) is 4.98. The van der Waals surface area contributed by atoms with Crippen LogP contribution in [0, 0.1) is 19.8 Å². The molecule has 2 aromatic rings. The molecule has 1 N–H and O–H groups in total. The molecule has 0 radical (unpaired) electrons. The molecule has 2 aliphatic rings. The second kappa shape index (κ2) is 7.44. The Bertz CT molecular complexity index is 935. The van der Waals surface area contributed by atoms with Crippen molar-refractivity contribution < 1.29 is 14.6 Å². The van der Waals surface area contributed by atoms with Crippen LogP contribution in [0.3, 0.4) is 0 Å². The van der Waals surface area contributed by atoms with E-state index in [2.05, 4.69) is 11.8 Å². The van der Waals surface area contributed by atoms with Gasteiger partial charge in [-0.05, 0) is 69.0 Å². The van der Waals surface area contributed by atoms with Crippen molar-refractivity contribution in [2.45, 2.75) is 40.2 Å². The number of hydrogen-bond acceptors (Lipinski definition) is 4. The Morgan fingerprint density at radius 2 is 1.86 bits per heavy atom. The highest BCUT2D eigenvalue weighted by Crippen LogP contribution is 2.42. The van der Waals surface area contributed by atoms with Crippen molar-refractivity contribution in [3.05, 3.63) is 63.9 Å². The van der Waals surface area contributed by atoms with Gasteiger partial charge in [-0.1, -0.05) is 36.8 Å². The minimum absolute atomic E-state index is 0.110. The summed E-state index contributed by atoms with van der Waals surface area (Å²) < 4.78 is 6.03. The zero-order valence-electron chi connectivity index (χ0n) is 16.8. The molecular weight excluding hydrogens is 350 g/mol. The van der Waals surface area contributed by atoms with E-state index in [-0.39, 0.29) is 11.5 Å². The summed E-state index contributed by atoms with van der Waals surface area (Å²) in [5.41, 5.74) is 4.14. The van der Waals surface area contributed by atoms with Crippen LogP contribution < -0.4 is 4.74 Å². The molecule has 4 heteroatoms. The molecule has 0 aliphatic carbocycles. The van der Waals surface area contributed by atoms with E-state index in [4.69, 9.17) is 4.74 Å². The second-order valence-electron chi connectivity index (χ2n) is 8.20. The quantitative estimate of drug-likeness (QED) is 0.777. The van der Waals surface area contributed by atoms with Gasteiger partial charge in [-0.3, -0.25) is 9.69 Å². The average Bonchev–Trinajstić information content (AvgIpc) is 2.99. The minimum Gasteiger partial charge on any atom is -0.507 e. The summed E-state index contributed by atoms with van der Waals surface area (Å²) in [5, 5.41) is 10.6. The number of ketones is 1. The smallest absolute Gasteiger partial charge is 0.232 e. The first-order valence-electron chi connectivity index (χ1n) is 10.0. The third-order valence-electron chi connectivity index (χ3n) is 5.85. The van der Waals surface area contributed by atoms with E-state index in [1.165, 1.54) is 5.56 Å². The van der Waals surface area contributed by atoms with Crippen LogP contribution in [0.4, 0.5) is 0 Å². The Morgan fingerprint density at radius 1 is 1.18 bits per heavy atom. The van der Waals surface area contributed by atoms with Gasteiger partial charge in [0.2, 0.25) is 5.78 Å². The maximum absolute atomic E-state index is 13.0. The molecule has 0 unspecified atom stereocenters. The minimum atomic E-state index is -0.110. The fourth-order valence-corrected chi connectivity index (χ4v) is 3.99. The Balaban J connectivity index is 1.66. The summed E-state index contributed by atoms with van der Waals surface area (Å²) in [7, 11) is 0. The third kappa shape index (κ3) is 3.57. The zero-order valence-corrected chi connectivity index (χ0v) is 16.8. The first-order chi connectivity index (χ1) is 13.4. The van der Waals surface area contributed by atoms with Crippen LogP contribution in [0.15, 0.2) is 36.1 Å². The summed E-state index contributed by atoms with van der Waals surface area (Å²) in [6.45, 7) is 8.77. The van der Waals surface area contributed by atoms with Gasteiger partial charge in [-0.25, -0.2) is 0 Å². The van der Waals surface area contributed by atoms with E-state index in [0.29, 0.717) is 23.6 Å². The van der Waals surface area contributed by atoms with Crippen molar-refractivity contribution in [1.29, 1.82) is 0 Å². The fraction of sp³-hybridized carbons (Fsp3) is 0.375. The van der Waals surface area contributed by atoms with Gasteiger partial charge in [0.1, 0.15) is 11.5 Å². The van der Waals surface area contributed by atoms with Crippen LogP contribution >= 0.6 is 0 Å². The molecule has 1 fully saturated rings. The molecule has 0 bridgehead atoms. The topological polar surface area (TPSA) is 49.8 Å². The number of phenols is 1. The third-order valence-corrected chi connectivity index (χ3v) is 5.85. The van der Waals surface area contributed by atoms with Crippen LogP contribution in [-0.2, 0) is 6.54 Å². The van der Waals surface area contributed by atoms with Crippen molar-refractivity contribution >= 4 is 11.9 Å². The molecule has 28 heavy (non-hydrogen) atoms. The monoisotopic (exact) mass is 377 g/mol. The molecule has 2 heterocycles. The van der Waals surface area contributed by atoms with Gasteiger partial charge in [-0.2, -0.15) is 0 Å². The molecule has 0 saturated carbocycles. The number of Topliss-reactive ketones (excluding diaryl/α,β-unsaturated/α-hetero) is 1. The van der Waals surface area contributed by atoms with Gasteiger partial charge >= 0.3 is 0 Å². The maximum atomic E-state index is 13.0. The van der Waals surface area contributed by atoms with E-state index >= 15 is 0 Å². The maximum Gasteiger partial charge on any atom is 0.232 e. The average molecular weight is 377 g/mol. The van der Waals surface area contributed by atoms with E-state index in [1.807, 2.05) is 38.1 Å². The number of rotatable bonds is 3. The fourth-order valence-electron chi connectivity index (χ4n) is 3.99. The zero-order chi connectivity index (χ0) is 19.8. The molecule has 0 amide bonds. The number of phenolic OH excluding ortho intramolecular Hbond substituents is 1. The predicted molar refractivity (Wildman–Crippen MR) is 111 cm³/mol. The van der Waals surface area contributed by atoms with Gasteiger partial charge < -0.3 is 9.84 Å². The summed E-state index contributed by atoms with van der Waals surface area (Å²) in [5.74, 6) is 1.69. The molecule has 4 rings (SSSR count). The highest BCUT2D eigenvalue weighted by molar-refractivity contribution is 6.15. The van der Waals surface area contributed by atoms with Gasteiger partial charge in [0.25, 0.3) is 0 Å². The highest BCUT2D eigenvalue weighted by Gasteiger charge is 2.34. The lowest BCUT2D eigenvalue weighted by Crippen LogP contribution is -2.32. The number of likely N-dealkylation sites (tertiary alicyclic amines) is 1. The van der Waals surface area contributed by atoms with E-state index < -0.39 is 0 Å². The predicted octanol–water partition coefficient (Wildman–Crippen LogP) is 4.86. The lowest BCUT2D eigenvalue weighted by atomic mass is 9.96. The lowest BCUT2D eigenvalue weighted by Gasteiger charge is -2.30. The van der Waals surface area contributed by atoms with Crippen molar-refractivity contribution in [2.75, 3.05) is 13.1 Å². The van der Waals surface area contributed by atoms with E-state index in [1.54, 1.807) is 12.1 Å². The van der Waals surface area contributed by atoms with Gasteiger partial charge in [0.05, 0.1) is 11.1 Å². The summed E-state index contributed by atoms with van der Waals surface area (Å²) in [6.07, 6.45) is 4.10. The molecule has 4 nitrogen and oxygen atoms in total. The molecular formula is C24H27NO3. The van der Waals surface area contributed by atoms with Crippen molar-refractivity contribution in [1.82, 2.24) is 4.90 Å². The lowest BCUT2D eigenvalue weighted by molar-refractivity contribution is 0.101. The van der Waals surface area contributed by atoms with Crippen molar-refractivity contribution in [2.24, 2.45) is 5.92 Å². The number of aryl methyl sites for hydroxylation is 2. The number of ether oxygens (including phenoxy) is 1. The normalized spacial score (nSPS) is 19.1. The number of benzene rings is 2. The highest BCUT2D eigenvalue weighted by atomic mass is 16.5. The van der Waals surface area contributed by atoms with Crippen LogP contribution in [0.2, 0.25) is 0 Å². The van der Waals surface area contributed by atoms with Crippen LogP contribution in [-0.4, -0.2) is 28.9 Å². The number of piperidine rings is 1. The molecule has 0 spiro atoms. The summed E-state index contributed by atoms with van der Waals surface area (Å²) >= 11 is 0. The molecule has 2 aliphatic heterocycles. The largest absolute Gasteiger partial charge is 0.507 e. The van der Waals surface area contributed by atoms with Crippen LogP contribution in [0.5, 0.6) is 11.5 Å². The van der Waals surface area contributed by atoms with Gasteiger partial charge in [0, 0.05) is 6.54 Å². The van der Waals surface area contributed by atoms with Gasteiger partial charge in [-0.15, -0.1) is 0 Å². The number of carbonyl (C=O) groups excluding carboxylic acids is 1. The van der Waals surface area contributed by atoms with Crippen LogP contribution in [0.25, 0.3) is 6.08 Å². The second-order valence-corrected chi connectivity index (χ2v) is 8.20. The molecule has 146 valence electrons. The molecule has 1 saturated heterocycles.